The Morgan fingerprint density at radius 1 is 1.64 bits per heavy atom. The van der Waals surface area contributed by atoms with Crippen molar-refractivity contribution in [3.63, 3.8) is 0 Å². The van der Waals surface area contributed by atoms with Crippen molar-refractivity contribution >= 4 is 0 Å². The molecule has 1 aromatic heterocycles. The van der Waals surface area contributed by atoms with Crippen LogP contribution in [-0.2, 0) is 4.74 Å². The fraction of sp³-hybridized carbons (Fsp3) is 0.545. The first kappa shape index (κ1) is 9.62. The lowest BCUT2D eigenvalue weighted by atomic mass is 9.92. The third-order valence-corrected chi connectivity index (χ3v) is 2.88. The topological polar surface area (TPSA) is 48.1 Å². The molecule has 2 rings (SSSR count). The molecule has 0 saturated carbocycles. The van der Waals surface area contributed by atoms with Gasteiger partial charge in [-0.15, -0.1) is 0 Å². The Labute approximate surface area is 84.3 Å². The lowest BCUT2D eigenvalue weighted by Gasteiger charge is -2.19. The van der Waals surface area contributed by atoms with Gasteiger partial charge in [0.25, 0.3) is 0 Å². The highest BCUT2D eigenvalue weighted by molar-refractivity contribution is 5.22. The summed E-state index contributed by atoms with van der Waals surface area (Å²) in [5, 5.41) is 0. The molecular weight excluding hydrogens is 176 g/mol. The monoisotopic (exact) mass is 192 g/mol. The second-order valence-corrected chi connectivity index (χ2v) is 3.83. The van der Waals surface area contributed by atoms with E-state index in [1.807, 2.05) is 13.0 Å². The van der Waals surface area contributed by atoms with E-state index in [-0.39, 0.29) is 6.04 Å². The zero-order chi connectivity index (χ0) is 9.97. The number of nitrogens with zero attached hydrogens (tertiary/aromatic N) is 1. The number of hydrogen-bond acceptors (Lipinski definition) is 3. The van der Waals surface area contributed by atoms with Crippen LogP contribution < -0.4 is 5.73 Å². The number of ether oxygens (including phenoxy) is 1. The van der Waals surface area contributed by atoms with Gasteiger partial charge in [0.05, 0.1) is 6.61 Å². The number of nitrogens with two attached hydrogens (primary N) is 1. The van der Waals surface area contributed by atoms with E-state index < -0.39 is 0 Å². The SMILES string of the molecule is Cc1ncccc1C(N)C1CCOC1. The van der Waals surface area contributed by atoms with E-state index in [2.05, 4.69) is 11.1 Å². The molecule has 0 amide bonds. The minimum Gasteiger partial charge on any atom is -0.381 e. The largest absolute Gasteiger partial charge is 0.381 e. The molecule has 1 fully saturated rings. The second kappa shape index (κ2) is 4.07. The first-order chi connectivity index (χ1) is 6.79. The molecule has 2 N–H and O–H groups in total. The molecule has 76 valence electrons. The Bertz CT molecular complexity index is 308. The number of hydrogen-bond donors (Lipinski definition) is 1. The molecular formula is C11H16N2O. The number of rotatable bonds is 2. The van der Waals surface area contributed by atoms with Gasteiger partial charge in [0.2, 0.25) is 0 Å². The summed E-state index contributed by atoms with van der Waals surface area (Å²) in [6, 6.07) is 4.08. The zero-order valence-electron chi connectivity index (χ0n) is 8.44. The molecule has 3 nitrogen and oxygen atoms in total. The Hall–Kier alpha value is -0.930. The van der Waals surface area contributed by atoms with Crippen LogP contribution in [0.1, 0.15) is 23.7 Å². The van der Waals surface area contributed by atoms with E-state index in [0.717, 1.165) is 30.9 Å². The fourth-order valence-corrected chi connectivity index (χ4v) is 1.94. The van der Waals surface area contributed by atoms with Gasteiger partial charge >= 0.3 is 0 Å². The third-order valence-electron chi connectivity index (χ3n) is 2.88. The summed E-state index contributed by atoms with van der Waals surface area (Å²) in [6.07, 6.45) is 2.87. The van der Waals surface area contributed by atoms with Gasteiger partial charge in [-0.3, -0.25) is 4.98 Å². The van der Waals surface area contributed by atoms with Gasteiger partial charge in [0, 0.05) is 30.5 Å². The first-order valence-corrected chi connectivity index (χ1v) is 5.04. The quantitative estimate of drug-likeness (QED) is 0.771. The van der Waals surface area contributed by atoms with Crippen molar-refractivity contribution in [2.75, 3.05) is 13.2 Å². The van der Waals surface area contributed by atoms with E-state index in [9.17, 15) is 0 Å². The molecule has 2 unspecified atom stereocenters. The lowest BCUT2D eigenvalue weighted by molar-refractivity contribution is 0.181. The van der Waals surface area contributed by atoms with Crippen LogP contribution in [0.5, 0.6) is 0 Å². The minimum atomic E-state index is 0.0752. The normalized spacial score (nSPS) is 23.7. The van der Waals surface area contributed by atoms with Gasteiger partial charge in [-0.1, -0.05) is 6.07 Å². The van der Waals surface area contributed by atoms with E-state index in [0.29, 0.717) is 5.92 Å². The van der Waals surface area contributed by atoms with Crippen LogP contribution in [0.25, 0.3) is 0 Å². The molecule has 0 spiro atoms. The van der Waals surface area contributed by atoms with E-state index in [1.54, 1.807) is 6.20 Å². The van der Waals surface area contributed by atoms with Gasteiger partial charge in [-0.2, -0.15) is 0 Å². The summed E-state index contributed by atoms with van der Waals surface area (Å²) in [4.78, 5) is 4.25. The van der Waals surface area contributed by atoms with Crippen molar-refractivity contribution < 1.29 is 4.74 Å². The van der Waals surface area contributed by atoms with Gasteiger partial charge in [0.1, 0.15) is 0 Å². The van der Waals surface area contributed by atoms with Gasteiger partial charge in [-0.25, -0.2) is 0 Å². The maximum absolute atomic E-state index is 6.18. The molecule has 1 aliphatic rings. The van der Waals surface area contributed by atoms with E-state index in [4.69, 9.17) is 10.5 Å². The maximum atomic E-state index is 6.18. The summed E-state index contributed by atoms with van der Waals surface area (Å²) in [7, 11) is 0. The predicted molar refractivity (Wildman–Crippen MR) is 54.8 cm³/mol. The molecule has 0 radical (unpaired) electrons. The van der Waals surface area contributed by atoms with Crippen molar-refractivity contribution in [1.82, 2.24) is 4.98 Å². The summed E-state index contributed by atoms with van der Waals surface area (Å²) in [5.41, 5.74) is 8.37. The Morgan fingerprint density at radius 3 is 3.14 bits per heavy atom. The van der Waals surface area contributed by atoms with Crippen molar-refractivity contribution in [2.45, 2.75) is 19.4 Å². The van der Waals surface area contributed by atoms with Crippen LogP contribution >= 0.6 is 0 Å². The van der Waals surface area contributed by atoms with Crippen LogP contribution in [-0.4, -0.2) is 18.2 Å². The number of aromatic nitrogens is 1. The van der Waals surface area contributed by atoms with Crippen LogP contribution in [0.4, 0.5) is 0 Å². The van der Waals surface area contributed by atoms with E-state index in [1.165, 1.54) is 0 Å². The minimum absolute atomic E-state index is 0.0752. The Balaban J connectivity index is 2.17. The van der Waals surface area contributed by atoms with Crippen molar-refractivity contribution in [3.8, 4) is 0 Å². The Morgan fingerprint density at radius 2 is 2.50 bits per heavy atom. The van der Waals surface area contributed by atoms with Gasteiger partial charge in [-0.05, 0) is 25.0 Å². The van der Waals surface area contributed by atoms with E-state index >= 15 is 0 Å². The second-order valence-electron chi connectivity index (χ2n) is 3.83. The van der Waals surface area contributed by atoms with Gasteiger partial charge < -0.3 is 10.5 Å². The highest BCUT2D eigenvalue weighted by atomic mass is 16.5. The van der Waals surface area contributed by atoms with Crippen molar-refractivity contribution in [3.05, 3.63) is 29.6 Å². The molecule has 0 bridgehead atoms. The lowest BCUT2D eigenvalue weighted by Crippen LogP contribution is -2.22. The number of aryl methyl sites for hydroxylation is 1. The molecule has 2 atom stereocenters. The van der Waals surface area contributed by atoms with Crippen molar-refractivity contribution in [1.29, 1.82) is 0 Å². The predicted octanol–water partition coefficient (Wildman–Crippen LogP) is 1.43. The molecule has 14 heavy (non-hydrogen) atoms. The van der Waals surface area contributed by atoms with Crippen LogP contribution in [0.3, 0.4) is 0 Å². The number of pyridine rings is 1. The summed E-state index contributed by atoms with van der Waals surface area (Å²) in [6.45, 7) is 3.64. The molecule has 1 aliphatic heterocycles. The fourth-order valence-electron chi connectivity index (χ4n) is 1.94. The van der Waals surface area contributed by atoms with Crippen LogP contribution in [0.2, 0.25) is 0 Å². The molecule has 1 saturated heterocycles. The average molecular weight is 192 g/mol. The Kier molecular flexibility index (Phi) is 2.79. The molecule has 3 heteroatoms. The zero-order valence-corrected chi connectivity index (χ0v) is 8.44. The standard InChI is InChI=1S/C11H16N2O/c1-8-10(3-2-5-13-8)11(12)9-4-6-14-7-9/h2-3,5,9,11H,4,6-7,12H2,1H3. The molecule has 0 aromatic carbocycles. The van der Waals surface area contributed by atoms with Crippen LogP contribution in [0, 0.1) is 12.8 Å². The highest BCUT2D eigenvalue weighted by Crippen LogP contribution is 2.27. The average Bonchev–Trinajstić information content (AvgIpc) is 2.70. The third kappa shape index (κ3) is 1.79. The van der Waals surface area contributed by atoms with Gasteiger partial charge in [0.15, 0.2) is 0 Å². The smallest absolute Gasteiger partial charge is 0.0513 e. The highest BCUT2D eigenvalue weighted by Gasteiger charge is 2.24. The summed E-state index contributed by atoms with van der Waals surface area (Å²) < 4.78 is 5.34. The maximum Gasteiger partial charge on any atom is 0.0513 e. The molecule has 0 aliphatic carbocycles. The summed E-state index contributed by atoms with van der Waals surface area (Å²) in [5.74, 6) is 0.456. The van der Waals surface area contributed by atoms with Crippen molar-refractivity contribution in [2.24, 2.45) is 11.7 Å². The summed E-state index contributed by atoms with van der Waals surface area (Å²) >= 11 is 0. The molecule has 1 aromatic rings. The van der Waals surface area contributed by atoms with Crippen LogP contribution in [0.15, 0.2) is 18.3 Å². The molecule has 2 heterocycles. The first-order valence-electron chi connectivity index (χ1n) is 5.04.